The largest absolute Gasteiger partial charge is 0.450 e. The molecule has 1 heterocycles. The molecule has 5 nitrogen and oxygen atoms in total. The third kappa shape index (κ3) is 4.00. The number of nitrogens with zero attached hydrogens (tertiary/aromatic N) is 3. The second-order valence-corrected chi connectivity index (χ2v) is 4.45. The van der Waals surface area contributed by atoms with Crippen LogP contribution < -0.4 is 0 Å². The van der Waals surface area contributed by atoms with E-state index in [2.05, 4.69) is 9.97 Å². The van der Waals surface area contributed by atoms with Crippen LogP contribution in [-0.2, 0) is 16.0 Å². The van der Waals surface area contributed by atoms with Gasteiger partial charge in [0, 0.05) is 17.8 Å². The van der Waals surface area contributed by atoms with Crippen molar-refractivity contribution in [2.45, 2.75) is 31.8 Å². The van der Waals surface area contributed by atoms with Crippen LogP contribution in [0.1, 0.15) is 23.4 Å². The Morgan fingerprint density at radius 3 is 2.50 bits per heavy atom. The minimum Gasteiger partial charge on any atom is -0.450 e. The molecule has 6 heteroatoms. The standard InChI is InChI=1S/C12H15N3O2S/c1-8-10(4-5-11(16)17-7-6-13)9(2)15-12(14-8)18-3/h4-5,7H2,1-3H3. The number of esters is 1. The van der Waals surface area contributed by atoms with E-state index >= 15 is 0 Å². The monoisotopic (exact) mass is 265 g/mol. The average molecular weight is 265 g/mol. The van der Waals surface area contributed by atoms with E-state index in [1.165, 1.54) is 11.8 Å². The second-order valence-electron chi connectivity index (χ2n) is 3.68. The molecule has 0 bridgehead atoms. The molecular formula is C12H15N3O2S. The number of nitriles is 1. The fraction of sp³-hybridized carbons (Fsp3) is 0.500. The fourth-order valence-corrected chi connectivity index (χ4v) is 2.03. The summed E-state index contributed by atoms with van der Waals surface area (Å²) >= 11 is 1.49. The molecule has 0 unspecified atom stereocenters. The lowest BCUT2D eigenvalue weighted by atomic mass is 10.1. The number of hydrogen-bond acceptors (Lipinski definition) is 6. The van der Waals surface area contributed by atoms with E-state index in [1.54, 1.807) is 6.07 Å². The average Bonchev–Trinajstić information content (AvgIpc) is 2.34. The smallest absolute Gasteiger partial charge is 0.307 e. The molecule has 1 rings (SSSR count). The molecule has 0 fully saturated rings. The first-order valence-corrected chi connectivity index (χ1v) is 6.71. The zero-order valence-electron chi connectivity index (χ0n) is 10.7. The first-order valence-electron chi connectivity index (χ1n) is 5.49. The third-order valence-electron chi connectivity index (χ3n) is 2.46. The molecule has 0 saturated carbocycles. The molecule has 0 aliphatic carbocycles. The molecule has 1 aromatic rings. The van der Waals surface area contributed by atoms with Gasteiger partial charge in [-0.05, 0) is 32.1 Å². The second kappa shape index (κ2) is 6.97. The Morgan fingerprint density at radius 2 is 2.00 bits per heavy atom. The number of aryl methyl sites for hydroxylation is 2. The molecular weight excluding hydrogens is 250 g/mol. The molecule has 1 aromatic heterocycles. The quantitative estimate of drug-likeness (QED) is 0.459. The van der Waals surface area contributed by atoms with Gasteiger partial charge in [-0.15, -0.1) is 0 Å². The predicted molar refractivity (Wildman–Crippen MR) is 68.2 cm³/mol. The summed E-state index contributed by atoms with van der Waals surface area (Å²) in [6, 6.07) is 1.76. The number of carbonyl (C=O) groups excluding carboxylic acids is 1. The maximum atomic E-state index is 11.3. The van der Waals surface area contributed by atoms with Gasteiger partial charge in [0.05, 0.1) is 0 Å². The van der Waals surface area contributed by atoms with E-state index in [9.17, 15) is 4.79 Å². The van der Waals surface area contributed by atoms with Gasteiger partial charge in [-0.1, -0.05) is 11.8 Å². The van der Waals surface area contributed by atoms with Crippen molar-refractivity contribution in [3.8, 4) is 6.07 Å². The molecule has 0 spiro atoms. The zero-order chi connectivity index (χ0) is 13.5. The van der Waals surface area contributed by atoms with Crippen molar-refractivity contribution >= 4 is 17.7 Å². The SMILES string of the molecule is CSc1nc(C)c(CCC(=O)OCC#N)c(C)n1. The summed E-state index contributed by atoms with van der Waals surface area (Å²) in [5.41, 5.74) is 2.75. The normalized spacial score (nSPS) is 9.89. The maximum Gasteiger partial charge on any atom is 0.307 e. The molecule has 0 amide bonds. The Balaban J connectivity index is 2.68. The fourth-order valence-electron chi connectivity index (χ4n) is 1.57. The highest BCUT2D eigenvalue weighted by Crippen LogP contribution is 2.17. The molecule has 18 heavy (non-hydrogen) atoms. The van der Waals surface area contributed by atoms with E-state index in [1.807, 2.05) is 20.1 Å². The van der Waals surface area contributed by atoms with Crippen molar-refractivity contribution in [1.29, 1.82) is 5.26 Å². The van der Waals surface area contributed by atoms with Gasteiger partial charge < -0.3 is 4.74 Å². The Bertz CT molecular complexity index is 460. The minimum atomic E-state index is -0.371. The Labute approximate surface area is 111 Å². The van der Waals surface area contributed by atoms with Crippen LogP contribution in [0, 0.1) is 25.2 Å². The van der Waals surface area contributed by atoms with Crippen molar-refractivity contribution in [1.82, 2.24) is 9.97 Å². The van der Waals surface area contributed by atoms with Gasteiger partial charge in [0.25, 0.3) is 0 Å². The zero-order valence-corrected chi connectivity index (χ0v) is 11.5. The Hall–Kier alpha value is -1.61. The summed E-state index contributed by atoms with van der Waals surface area (Å²) in [5, 5.41) is 9.03. The van der Waals surface area contributed by atoms with Crippen molar-refractivity contribution in [3.05, 3.63) is 17.0 Å². The van der Waals surface area contributed by atoms with Gasteiger partial charge in [0.2, 0.25) is 0 Å². The van der Waals surface area contributed by atoms with Gasteiger partial charge in [-0.2, -0.15) is 5.26 Å². The van der Waals surface area contributed by atoms with Crippen LogP contribution in [-0.4, -0.2) is 28.8 Å². The van der Waals surface area contributed by atoms with Crippen LogP contribution in [0.15, 0.2) is 5.16 Å². The number of rotatable bonds is 5. The van der Waals surface area contributed by atoms with Crippen molar-refractivity contribution < 1.29 is 9.53 Å². The van der Waals surface area contributed by atoms with Crippen LogP contribution in [0.4, 0.5) is 0 Å². The molecule has 0 aliphatic heterocycles. The first-order chi connectivity index (χ1) is 8.58. The molecule has 0 atom stereocenters. The summed E-state index contributed by atoms with van der Waals surface area (Å²) < 4.78 is 4.69. The summed E-state index contributed by atoms with van der Waals surface area (Å²) in [6.45, 7) is 3.62. The van der Waals surface area contributed by atoms with Crippen molar-refractivity contribution in [2.75, 3.05) is 12.9 Å². The highest BCUT2D eigenvalue weighted by atomic mass is 32.2. The number of thioether (sulfide) groups is 1. The third-order valence-corrected chi connectivity index (χ3v) is 3.01. The lowest BCUT2D eigenvalue weighted by molar-refractivity contribution is -0.142. The van der Waals surface area contributed by atoms with Crippen LogP contribution in [0.2, 0.25) is 0 Å². The van der Waals surface area contributed by atoms with Gasteiger partial charge in [-0.3, -0.25) is 4.79 Å². The van der Waals surface area contributed by atoms with E-state index in [0.717, 1.165) is 22.1 Å². The number of carbonyl (C=O) groups is 1. The number of aromatic nitrogens is 2. The van der Waals surface area contributed by atoms with E-state index in [4.69, 9.17) is 10.00 Å². The van der Waals surface area contributed by atoms with Crippen LogP contribution in [0.5, 0.6) is 0 Å². The number of ether oxygens (including phenoxy) is 1. The molecule has 0 N–H and O–H groups in total. The summed E-state index contributed by atoms with van der Waals surface area (Å²) in [7, 11) is 0. The molecule has 0 saturated heterocycles. The number of hydrogen-bond donors (Lipinski definition) is 0. The van der Waals surface area contributed by atoms with Crippen molar-refractivity contribution in [3.63, 3.8) is 0 Å². The van der Waals surface area contributed by atoms with Crippen LogP contribution in [0.25, 0.3) is 0 Å². The van der Waals surface area contributed by atoms with Gasteiger partial charge >= 0.3 is 5.97 Å². The van der Waals surface area contributed by atoms with Gasteiger partial charge in [0.1, 0.15) is 6.07 Å². The van der Waals surface area contributed by atoms with Crippen LogP contribution >= 0.6 is 11.8 Å². The lowest BCUT2D eigenvalue weighted by Gasteiger charge is -2.09. The Kier molecular flexibility index (Phi) is 5.59. The lowest BCUT2D eigenvalue weighted by Crippen LogP contribution is -2.09. The van der Waals surface area contributed by atoms with Crippen molar-refractivity contribution in [2.24, 2.45) is 0 Å². The molecule has 96 valence electrons. The van der Waals surface area contributed by atoms with Crippen LogP contribution in [0.3, 0.4) is 0 Å². The van der Waals surface area contributed by atoms with Gasteiger partial charge in [0.15, 0.2) is 11.8 Å². The summed E-state index contributed by atoms with van der Waals surface area (Å²) in [5.74, 6) is -0.371. The summed E-state index contributed by atoms with van der Waals surface area (Å²) in [6.07, 6.45) is 2.70. The van der Waals surface area contributed by atoms with E-state index < -0.39 is 0 Å². The van der Waals surface area contributed by atoms with E-state index in [-0.39, 0.29) is 19.0 Å². The minimum absolute atomic E-state index is 0.196. The molecule has 0 aliphatic rings. The molecule has 0 radical (unpaired) electrons. The highest BCUT2D eigenvalue weighted by Gasteiger charge is 2.11. The molecule has 0 aromatic carbocycles. The Morgan fingerprint density at radius 1 is 1.39 bits per heavy atom. The van der Waals surface area contributed by atoms with Gasteiger partial charge in [-0.25, -0.2) is 9.97 Å². The summed E-state index contributed by atoms with van der Waals surface area (Å²) in [4.78, 5) is 20.0. The predicted octanol–water partition coefficient (Wildman–Crippen LogP) is 1.81. The maximum absolute atomic E-state index is 11.3. The first kappa shape index (κ1) is 14.5. The van der Waals surface area contributed by atoms with E-state index in [0.29, 0.717) is 6.42 Å². The topological polar surface area (TPSA) is 75.9 Å². The highest BCUT2D eigenvalue weighted by molar-refractivity contribution is 7.98.